The van der Waals surface area contributed by atoms with Crippen LogP contribution in [0, 0.1) is 5.82 Å². The van der Waals surface area contributed by atoms with Gasteiger partial charge in [-0.05, 0) is 44.3 Å². The van der Waals surface area contributed by atoms with E-state index in [2.05, 4.69) is 29.6 Å². The first-order chi connectivity index (χ1) is 11.9. The third-order valence-corrected chi connectivity index (χ3v) is 4.13. The Hall–Kier alpha value is -2.40. The lowest BCUT2D eigenvalue weighted by molar-refractivity contribution is -0.125. The van der Waals surface area contributed by atoms with Gasteiger partial charge >= 0.3 is 0 Å². The van der Waals surface area contributed by atoms with Gasteiger partial charge in [-0.3, -0.25) is 9.69 Å². The molecule has 0 saturated carbocycles. The Bertz CT molecular complexity index is 698. The highest BCUT2D eigenvalue weighted by molar-refractivity contribution is 5.83. The largest absolute Gasteiger partial charge is 0.378 e. The van der Waals surface area contributed by atoms with Crippen molar-refractivity contribution in [2.75, 3.05) is 39.6 Å². The third-order valence-electron chi connectivity index (χ3n) is 4.13. The molecule has 25 heavy (non-hydrogen) atoms. The highest BCUT2D eigenvalue weighted by Crippen LogP contribution is 2.21. The van der Waals surface area contributed by atoms with Crippen LogP contribution in [0.4, 0.5) is 10.1 Å². The van der Waals surface area contributed by atoms with E-state index in [1.807, 2.05) is 19.0 Å². The molecule has 134 valence electrons. The van der Waals surface area contributed by atoms with Gasteiger partial charge in [0.2, 0.25) is 5.91 Å². The molecule has 0 saturated heterocycles. The van der Waals surface area contributed by atoms with Crippen LogP contribution in [0.2, 0.25) is 0 Å². The molecular weight excluding hydrogens is 317 g/mol. The average Bonchev–Trinajstić information content (AvgIpc) is 2.57. The van der Waals surface area contributed by atoms with E-state index in [1.165, 1.54) is 6.07 Å². The molecule has 5 heteroatoms. The molecule has 2 rings (SSSR count). The van der Waals surface area contributed by atoms with E-state index in [1.54, 1.807) is 37.2 Å². The molecule has 0 spiro atoms. The second-order valence-electron chi connectivity index (χ2n) is 6.49. The summed E-state index contributed by atoms with van der Waals surface area (Å²) in [6.45, 7) is 0.513. The van der Waals surface area contributed by atoms with Crippen LogP contribution in [0.15, 0.2) is 48.5 Å². The summed E-state index contributed by atoms with van der Waals surface area (Å²) in [6.07, 6.45) is 0.733. The van der Waals surface area contributed by atoms with Gasteiger partial charge in [-0.2, -0.15) is 0 Å². The first-order valence-electron chi connectivity index (χ1n) is 8.35. The fourth-order valence-corrected chi connectivity index (χ4v) is 2.74. The Kier molecular flexibility index (Phi) is 6.53. The Balaban J connectivity index is 1.96. The number of carbonyl (C=O) groups excluding carboxylic acids is 1. The highest BCUT2D eigenvalue weighted by Gasteiger charge is 2.25. The summed E-state index contributed by atoms with van der Waals surface area (Å²) in [5.74, 6) is -0.560. The topological polar surface area (TPSA) is 35.6 Å². The molecule has 0 heterocycles. The first kappa shape index (κ1) is 18.9. The van der Waals surface area contributed by atoms with Crippen LogP contribution < -0.4 is 10.2 Å². The number of nitrogens with one attached hydrogen (secondary N) is 1. The number of anilines is 1. The number of nitrogens with zero attached hydrogens (tertiary/aromatic N) is 2. The average molecular weight is 343 g/mol. The van der Waals surface area contributed by atoms with Crippen molar-refractivity contribution >= 4 is 11.6 Å². The van der Waals surface area contributed by atoms with Crippen molar-refractivity contribution in [1.82, 2.24) is 10.2 Å². The lowest BCUT2D eigenvalue weighted by Crippen LogP contribution is -2.38. The Morgan fingerprint density at radius 3 is 2.24 bits per heavy atom. The molecule has 1 N–H and O–H groups in total. The lowest BCUT2D eigenvalue weighted by atomic mass is 10.0. The van der Waals surface area contributed by atoms with E-state index in [9.17, 15) is 9.18 Å². The number of hydrogen-bond acceptors (Lipinski definition) is 3. The summed E-state index contributed by atoms with van der Waals surface area (Å²) in [4.78, 5) is 16.3. The molecule has 2 aromatic carbocycles. The quantitative estimate of drug-likeness (QED) is 0.840. The molecule has 0 radical (unpaired) electrons. The van der Waals surface area contributed by atoms with E-state index in [0.717, 1.165) is 17.7 Å². The number of benzene rings is 2. The van der Waals surface area contributed by atoms with Gasteiger partial charge in [0.1, 0.15) is 11.9 Å². The normalized spacial score (nSPS) is 12.1. The predicted molar refractivity (Wildman–Crippen MR) is 100 cm³/mol. The summed E-state index contributed by atoms with van der Waals surface area (Å²) in [6, 6.07) is 14.0. The highest BCUT2D eigenvalue weighted by atomic mass is 19.1. The van der Waals surface area contributed by atoms with E-state index in [-0.39, 0.29) is 11.7 Å². The lowest BCUT2D eigenvalue weighted by Gasteiger charge is -2.24. The predicted octanol–water partition coefficient (Wildman–Crippen LogP) is 2.85. The van der Waals surface area contributed by atoms with Crippen LogP contribution >= 0.6 is 0 Å². The van der Waals surface area contributed by atoms with Crippen LogP contribution in [0.25, 0.3) is 0 Å². The fraction of sp³-hybridized carbons (Fsp3) is 0.350. The number of rotatable bonds is 7. The van der Waals surface area contributed by atoms with E-state index in [4.69, 9.17) is 0 Å². The molecule has 0 aromatic heterocycles. The molecule has 0 bridgehead atoms. The van der Waals surface area contributed by atoms with Crippen molar-refractivity contribution in [2.45, 2.75) is 12.5 Å². The van der Waals surface area contributed by atoms with Gasteiger partial charge in [0.15, 0.2) is 0 Å². The van der Waals surface area contributed by atoms with E-state index < -0.39 is 6.04 Å². The molecule has 1 amide bonds. The second kappa shape index (κ2) is 8.62. The summed E-state index contributed by atoms with van der Waals surface area (Å²) >= 11 is 0. The van der Waals surface area contributed by atoms with Gasteiger partial charge in [-0.15, -0.1) is 0 Å². The number of carbonyl (C=O) groups is 1. The van der Waals surface area contributed by atoms with Crippen molar-refractivity contribution in [1.29, 1.82) is 0 Å². The number of likely N-dealkylation sites (N-methyl/N-ethyl adjacent to an activating group) is 1. The SMILES string of the molecule is CN(C)c1ccc(CCNC(=O)C(c2ccccc2F)N(C)C)cc1. The van der Waals surface area contributed by atoms with E-state index in [0.29, 0.717) is 12.1 Å². The molecule has 0 aliphatic carbocycles. The Labute approximate surface area is 149 Å². The van der Waals surface area contributed by atoms with Gasteiger partial charge in [0.25, 0.3) is 0 Å². The number of amides is 1. The fourth-order valence-electron chi connectivity index (χ4n) is 2.74. The third kappa shape index (κ3) is 5.03. The maximum atomic E-state index is 14.0. The van der Waals surface area contributed by atoms with Gasteiger partial charge in [0.05, 0.1) is 0 Å². The van der Waals surface area contributed by atoms with Crippen molar-refractivity contribution in [3.63, 3.8) is 0 Å². The van der Waals surface area contributed by atoms with Crippen LogP contribution in [-0.4, -0.2) is 45.5 Å². The molecule has 1 atom stereocenters. The second-order valence-corrected chi connectivity index (χ2v) is 6.49. The summed E-state index contributed by atoms with van der Waals surface area (Å²) in [7, 11) is 7.55. The first-order valence-corrected chi connectivity index (χ1v) is 8.35. The smallest absolute Gasteiger partial charge is 0.242 e. The standard InChI is InChI=1S/C20H26FN3O/c1-23(2)16-11-9-15(10-12-16)13-14-22-20(25)19(24(3)4)17-7-5-6-8-18(17)21/h5-12,19H,13-14H2,1-4H3,(H,22,25). The van der Waals surface area contributed by atoms with Crippen molar-refractivity contribution in [3.8, 4) is 0 Å². The zero-order valence-electron chi connectivity index (χ0n) is 15.3. The number of hydrogen-bond donors (Lipinski definition) is 1. The summed E-state index contributed by atoms with van der Waals surface area (Å²) in [5.41, 5.74) is 2.68. The van der Waals surface area contributed by atoms with Crippen LogP contribution in [0.1, 0.15) is 17.2 Å². The molecule has 2 aromatic rings. The summed E-state index contributed by atoms with van der Waals surface area (Å²) < 4.78 is 14.0. The van der Waals surface area contributed by atoms with Gasteiger partial charge in [-0.1, -0.05) is 30.3 Å². The van der Waals surface area contributed by atoms with Gasteiger partial charge in [0, 0.05) is 31.9 Å². The molecule has 1 unspecified atom stereocenters. The van der Waals surface area contributed by atoms with Crippen molar-refractivity contribution in [2.24, 2.45) is 0 Å². The van der Waals surface area contributed by atoms with Crippen LogP contribution in [0.3, 0.4) is 0 Å². The Morgan fingerprint density at radius 1 is 1.04 bits per heavy atom. The van der Waals surface area contributed by atoms with Crippen LogP contribution in [0.5, 0.6) is 0 Å². The maximum Gasteiger partial charge on any atom is 0.242 e. The van der Waals surface area contributed by atoms with Crippen LogP contribution in [-0.2, 0) is 11.2 Å². The van der Waals surface area contributed by atoms with E-state index >= 15 is 0 Å². The zero-order valence-corrected chi connectivity index (χ0v) is 15.3. The molecule has 0 aliphatic heterocycles. The molecular formula is C20H26FN3O. The maximum absolute atomic E-state index is 14.0. The van der Waals surface area contributed by atoms with Gasteiger partial charge in [-0.25, -0.2) is 4.39 Å². The van der Waals surface area contributed by atoms with Crippen molar-refractivity contribution < 1.29 is 9.18 Å². The summed E-state index contributed by atoms with van der Waals surface area (Å²) in [5, 5.41) is 2.92. The molecule has 4 nitrogen and oxygen atoms in total. The monoisotopic (exact) mass is 343 g/mol. The molecule has 0 fully saturated rings. The minimum atomic E-state index is -0.641. The van der Waals surface area contributed by atoms with Crippen molar-refractivity contribution in [3.05, 3.63) is 65.5 Å². The molecule has 0 aliphatic rings. The zero-order chi connectivity index (χ0) is 18.4. The van der Waals surface area contributed by atoms with Gasteiger partial charge < -0.3 is 10.2 Å². The number of halogens is 1. The minimum Gasteiger partial charge on any atom is -0.378 e. The Morgan fingerprint density at radius 2 is 1.68 bits per heavy atom. The minimum absolute atomic E-state index is 0.194.